The number of carbonyl (C=O) groups is 1. The molecule has 0 fully saturated rings. The zero-order valence-electron chi connectivity index (χ0n) is 8.52. The highest BCUT2D eigenvalue weighted by Crippen LogP contribution is 2.16. The summed E-state index contributed by atoms with van der Waals surface area (Å²) in [4.78, 5) is 11.3. The van der Waals surface area contributed by atoms with Crippen molar-refractivity contribution in [2.45, 2.75) is 32.2 Å². The highest BCUT2D eigenvalue weighted by Gasteiger charge is 2.26. The SMILES string of the molecule is CCC(CC)(CCl)NC(=O)CSC. The topological polar surface area (TPSA) is 29.1 Å². The lowest BCUT2D eigenvalue weighted by molar-refractivity contribution is -0.120. The number of thioether (sulfide) groups is 1. The Morgan fingerprint density at radius 2 is 2.00 bits per heavy atom. The van der Waals surface area contributed by atoms with Crippen LogP contribution in [0.3, 0.4) is 0 Å². The second-order valence-electron chi connectivity index (χ2n) is 3.10. The first kappa shape index (κ1) is 13.1. The van der Waals surface area contributed by atoms with Gasteiger partial charge >= 0.3 is 0 Å². The molecule has 0 atom stereocenters. The lowest BCUT2D eigenvalue weighted by atomic mass is 9.95. The minimum absolute atomic E-state index is 0.0804. The molecule has 1 amide bonds. The number of amides is 1. The van der Waals surface area contributed by atoms with E-state index in [2.05, 4.69) is 5.32 Å². The number of rotatable bonds is 6. The van der Waals surface area contributed by atoms with Gasteiger partial charge < -0.3 is 5.32 Å². The molecule has 0 aliphatic rings. The van der Waals surface area contributed by atoms with Crippen LogP contribution in [0, 0.1) is 0 Å². The van der Waals surface area contributed by atoms with Crippen molar-refractivity contribution < 1.29 is 4.79 Å². The van der Waals surface area contributed by atoms with Crippen LogP contribution in [0.1, 0.15) is 26.7 Å². The van der Waals surface area contributed by atoms with Crippen molar-refractivity contribution in [1.29, 1.82) is 0 Å². The summed E-state index contributed by atoms with van der Waals surface area (Å²) in [6, 6.07) is 0. The fourth-order valence-electron chi connectivity index (χ4n) is 1.11. The van der Waals surface area contributed by atoms with Crippen LogP contribution in [0.4, 0.5) is 0 Å². The van der Waals surface area contributed by atoms with Gasteiger partial charge in [-0.05, 0) is 19.1 Å². The first-order valence-corrected chi connectivity index (χ1v) is 6.43. The van der Waals surface area contributed by atoms with E-state index >= 15 is 0 Å². The van der Waals surface area contributed by atoms with Crippen molar-refractivity contribution in [1.82, 2.24) is 5.32 Å². The molecule has 0 aliphatic heterocycles. The van der Waals surface area contributed by atoms with Crippen LogP contribution in [0.15, 0.2) is 0 Å². The highest BCUT2D eigenvalue weighted by atomic mass is 35.5. The lowest BCUT2D eigenvalue weighted by Crippen LogP contribution is -2.49. The van der Waals surface area contributed by atoms with E-state index in [1.54, 1.807) is 0 Å². The minimum atomic E-state index is -0.200. The lowest BCUT2D eigenvalue weighted by Gasteiger charge is -2.30. The molecule has 78 valence electrons. The standard InChI is InChI=1S/C9H18ClNOS/c1-4-9(5-2,7-10)11-8(12)6-13-3/h4-7H2,1-3H3,(H,11,12). The third kappa shape index (κ3) is 4.23. The average Bonchev–Trinajstić information content (AvgIpc) is 2.15. The van der Waals surface area contributed by atoms with E-state index in [1.165, 1.54) is 11.8 Å². The molecular formula is C9H18ClNOS. The van der Waals surface area contributed by atoms with Crippen LogP contribution in [0.25, 0.3) is 0 Å². The van der Waals surface area contributed by atoms with Crippen molar-refractivity contribution in [3.05, 3.63) is 0 Å². The van der Waals surface area contributed by atoms with Crippen LogP contribution < -0.4 is 5.32 Å². The van der Waals surface area contributed by atoms with Gasteiger partial charge in [0.15, 0.2) is 0 Å². The number of halogens is 1. The Morgan fingerprint density at radius 1 is 1.46 bits per heavy atom. The molecule has 0 rings (SSSR count). The fraction of sp³-hybridized carbons (Fsp3) is 0.889. The molecule has 0 unspecified atom stereocenters. The molecule has 1 N–H and O–H groups in total. The Morgan fingerprint density at radius 3 is 2.31 bits per heavy atom. The summed E-state index contributed by atoms with van der Waals surface area (Å²) in [5.41, 5.74) is -0.200. The first-order chi connectivity index (χ1) is 6.14. The second kappa shape index (κ2) is 6.55. The number of hydrogen-bond acceptors (Lipinski definition) is 2. The van der Waals surface area contributed by atoms with Crippen LogP contribution in [-0.4, -0.2) is 29.3 Å². The Balaban J connectivity index is 4.16. The molecule has 0 aliphatic carbocycles. The van der Waals surface area contributed by atoms with Crippen LogP contribution in [-0.2, 0) is 4.79 Å². The summed E-state index contributed by atoms with van der Waals surface area (Å²) in [6.07, 6.45) is 3.68. The average molecular weight is 224 g/mol. The predicted octanol–water partition coefficient (Wildman–Crippen LogP) is 2.26. The summed E-state index contributed by atoms with van der Waals surface area (Å²) in [7, 11) is 0. The van der Waals surface area contributed by atoms with Gasteiger partial charge in [0, 0.05) is 5.88 Å². The molecule has 0 aromatic rings. The van der Waals surface area contributed by atoms with Gasteiger partial charge in [-0.25, -0.2) is 0 Å². The molecule has 0 saturated carbocycles. The summed E-state index contributed by atoms with van der Waals surface area (Å²) in [6.45, 7) is 4.09. The van der Waals surface area contributed by atoms with Crippen molar-refractivity contribution >= 4 is 29.3 Å². The molecule has 0 spiro atoms. The maximum absolute atomic E-state index is 11.3. The number of alkyl halides is 1. The van der Waals surface area contributed by atoms with E-state index in [9.17, 15) is 4.79 Å². The van der Waals surface area contributed by atoms with E-state index in [1.807, 2.05) is 20.1 Å². The van der Waals surface area contributed by atoms with Crippen LogP contribution >= 0.6 is 23.4 Å². The van der Waals surface area contributed by atoms with Gasteiger partial charge in [-0.1, -0.05) is 13.8 Å². The predicted molar refractivity (Wildman–Crippen MR) is 60.6 cm³/mol. The molecule has 0 aromatic heterocycles. The molecule has 0 bridgehead atoms. The largest absolute Gasteiger partial charge is 0.349 e. The van der Waals surface area contributed by atoms with Gasteiger partial charge in [-0.3, -0.25) is 4.79 Å². The monoisotopic (exact) mass is 223 g/mol. The number of carbonyl (C=O) groups excluding carboxylic acids is 1. The van der Waals surface area contributed by atoms with Crippen molar-refractivity contribution in [2.75, 3.05) is 17.9 Å². The molecule has 0 aromatic carbocycles. The maximum Gasteiger partial charge on any atom is 0.230 e. The molecule has 4 heteroatoms. The highest BCUT2D eigenvalue weighted by molar-refractivity contribution is 7.99. The quantitative estimate of drug-likeness (QED) is 0.700. The van der Waals surface area contributed by atoms with E-state index in [-0.39, 0.29) is 11.4 Å². The summed E-state index contributed by atoms with van der Waals surface area (Å²) >= 11 is 7.37. The molecule has 2 nitrogen and oxygen atoms in total. The van der Waals surface area contributed by atoms with Gasteiger partial charge in [0.05, 0.1) is 11.3 Å². The van der Waals surface area contributed by atoms with Crippen molar-refractivity contribution in [3.8, 4) is 0 Å². The van der Waals surface area contributed by atoms with Crippen LogP contribution in [0.2, 0.25) is 0 Å². The van der Waals surface area contributed by atoms with E-state index in [0.717, 1.165) is 12.8 Å². The first-order valence-electron chi connectivity index (χ1n) is 4.50. The van der Waals surface area contributed by atoms with Crippen molar-refractivity contribution in [2.24, 2.45) is 0 Å². The summed E-state index contributed by atoms with van der Waals surface area (Å²) in [5.74, 6) is 1.08. The fourth-order valence-corrected chi connectivity index (χ4v) is 1.89. The number of hydrogen-bond donors (Lipinski definition) is 1. The Bertz CT molecular complexity index is 151. The molecular weight excluding hydrogens is 206 g/mol. The Labute approximate surface area is 89.8 Å². The normalized spacial score (nSPS) is 11.4. The van der Waals surface area contributed by atoms with Gasteiger partial charge in [0.25, 0.3) is 0 Å². The third-order valence-corrected chi connectivity index (χ3v) is 3.35. The summed E-state index contributed by atoms with van der Waals surface area (Å²) in [5, 5.41) is 2.99. The zero-order valence-corrected chi connectivity index (χ0v) is 10.1. The Hall–Kier alpha value is 0.110. The molecule has 0 saturated heterocycles. The minimum Gasteiger partial charge on any atom is -0.349 e. The van der Waals surface area contributed by atoms with E-state index < -0.39 is 0 Å². The maximum atomic E-state index is 11.3. The molecule has 0 radical (unpaired) electrons. The van der Waals surface area contributed by atoms with E-state index in [4.69, 9.17) is 11.6 Å². The summed E-state index contributed by atoms with van der Waals surface area (Å²) < 4.78 is 0. The zero-order chi connectivity index (χ0) is 10.3. The van der Waals surface area contributed by atoms with Gasteiger partial charge in [0.2, 0.25) is 5.91 Å². The van der Waals surface area contributed by atoms with Crippen molar-refractivity contribution in [3.63, 3.8) is 0 Å². The van der Waals surface area contributed by atoms with Gasteiger partial charge in [0.1, 0.15) is 0 Å². The molecule has 0 heterocycles. The van der Waals surface area contributed by atoms with Crippen LogP contribution in [0.5, 0.6) is 0 Å². The molecule has 13 heavy (non-hydrogen) atoms. The van der Waals surface area contributed by atoms with Gasteiger partial charge in [-0.15, -0.1) is 11.6 Å². The van der Waals surface area contributed by atoms with E-state index in [0.29, 0.717) is 11.6 Å². The smallest absolute Gasteiger partial charge is 0.230 e. The van der Waals surface area contributed by atoms with Gasteiger partial charge in [-0.2, -0.15) is 11.8 Å². The Kier molecular flexibility index (Phi) is 6.60. The number of nitrogens with one attached hydrogen (secondary N) is 1. The third-order valence-electron chi connectivity index (χ3n) is 2.29. The second-order valence-corrected chi connectivity index (χ2v) is 4.24.